The molecule has 4 rings (SSSR count). The number of nitrogens with zero attached hydrogens (tertiary/aromatic N) is 1. The molecule has 1 aliphatic rings. The van der Waals surface area contributed by atoms with E-state index in [0.717, 1.165) is 10.5 Å². The molecular weight excluding hydrogens is 599 g/mol. The number of carbonyl (C=O) groups excluding carboxylic acids is 3. The van der Waals surface area contributed by atoms with E-state index in [4.69, 9.17) is 37.4 Å². The van der Waals surface area contributed by atoms with Gasteiger partial charge in [0.25, 0.3) is 11.8 Å². The van der Waals surface area contributed by atoms with Crippen molar-refractivity contribution in [1.29, 1.82) is 0 Å². The number of barbiturate groups is 1. The van der Waals surface area contributed by atoms with Crippen molar-refractivity contribution in [3.8, 4) is 17.2 Å². The Hall–Kier alpha value is -3.53. The van der Waals surface area contributed by atoms with Crippen LogP contribution in [0.3, 0.4) is 0 Å². The molecule has 0 atom stereocenters. The van der Waals surface area contributed by atoms with Crippen LogP contribution < -0.4 is 24.4 Å². The van der Waals surface area contributed by atoms with Crippen LogP contribution in [0.2, 0.25) is 10.0 Å². The van der Waals surface area contributed by atoms with Crippen LogP contribution >= 0.6 is 39.1 Å². The molecule has 0 bridgehead atoms. The Balaban J connectivity index is 1.64. The van der Waals surface area contributed by atoms with Crippen LogP contribution in [0.25, 0.3) is 6.08 Å². The average Bonchev–Trinajstić information content (AvgIpc) is 2.88. The fraction of sp³-hybridized carbons (Fsp3) is 0.148. The lowest BCUT2D eigenvalue weighted by Crippen LogP contribution is -2.54. The summed E-state index contributed by atoms with van der Waals surface area (Å²) in [6, 6.07) is 14.0. The predicted molar refractivity (Wildman–Crippen MR) is 148 cm³/mol. The summed E-state index contributed by atoms with van der Waals surface area (Å²) in [7, 11) is 1.51. The molecule has 4 amide bonds. The summed E-state index contributed by atoms with van der Waals surface area (Å²) in [4.78, 5) is 39.2. The summed E-state index contributed by atoms with van der Waals surface area (Å²) < 4.78 is 17.4. The van der Waals surface area contributed by atoms with Gasteiger partial charge in [-0.3, -0.25) is 14.9 Å². The van der Waals surface area contributed by atoms with E-state index < -0.39 is 17.8 Å². The summed E-state index contributed by atoms with van der Waals surface area (Å²) in [6.07, 6.45) is 1.39. The Morgan fingerprint density at radius 3 is 2.37 bits per heavy atom. The number of benzene rings is 3. The third kappa shape index (κ3) is 5.96. The largest absolute Gasteiger partial charge is 0.497 e. The van der Waals surface area contributed by atoms with Gasteiger partial charge in [-0.25, -0.2) is 9.69 Å². The maximum absolute atomic E-state index is 13.2. The minimum Gasteiger partial charge on any atom is -0.497 e. The molecule has 0 aliphatic carbocycles. The molecule has 1 N–H and O–H groups in total. The Kier molecular flexibility index (Phi) is 8.61. The molecule has 0 radical (unpaired) electrons. The summed E-state index contributed by atoms with van der Waals surface area (Å²) >= 11 is 15.6. The first-order chi connectivity index (χ1) is 18.2. The second kappa shape index (κ2) is 11.9. The van der Waals surface area contributed by atoms with Gasteiger partial charge in [0, 0.05) is 0 Å². The lowest BCUT2D eigenvalue weighted by Gasteiger charge is -2.26. The van der Waals surface area contributed by atoms with Gasteiger partial charge in [0.1, 0.15) is 17.9 Å². The third-order valence-electron chi connectivity index (χ3n) is 5.44. The molecule has 3 aromatic rings. The van der Waals surface area contributed by atoms with Gasteiger partial charge in [0.05, 0.1) is 33.9 Å². The number of ether oxygens (including phenoxy) is 3. The Labute approximate surface area is 237 Å². The van der Waals surface area contributed by atoms with Gasteiger partial charge in [0.15, 0.2) is 11.5 Å². The predicted octanol–water partition coefficient (Wildman–Crippen LogP) is 6.41. The van der Waals surface area contributed by atoms with Crippen molar-refractivity contribution < 1.29 is 28.6 Å². The van der Waals surface area contributed by atoms with E-state index in [0.29, 0.717) is 43.9 Å². The molecule has 1 fully saturated rings. The number of amides is 4. The topological polar surface area (TPSA) is 94.2 Å². The Morgan fingerprint density at radius 1 is 0.974 bits per heavy atom. The molecule has 0 saturated carbocycles. The molecule has 38 heavy (non-hydrogen) atoms. The van der Waals surface area contributed by atoms with Gasteiger partial charge >= 0.3 is 6.03 Å². The second-order valence-corrected chi connectivity index (χ2v) is 9.62. The van der Waals surface area contributed by atoms with Crippen LogP contribution in [-0.2, 0) is 16.2 Å². The van der Waals surface area contributed by atoms with E-state index in [-0.39, 0.29) is 17.9 Å². The number of rotatable bonds is 8. The van der Waals surface area contributed by atoms with E-state index >= 15 is 0 Å². The molecule has 1 saturated heterocycles. The van der Waals surface area contributed by atoms with Crippen LogP contribution in [0.5, 0.6) is 17.2 Å². The number of imide groups is 2. The Morgan fingerprint density at radius 2 is 1.71 bits per heavy atom. The molecule has 3 aromatic carbocycles. The summed E-state index contributed by atoms with van der Waals surface area (Å²) in [5, 5.41) is 3.07. The van der Waals surface area contributed by atoms with Crippen molar-refractivity contribution in [3.05, 3.63) is 85.8 Å². The van der Waals surface area contributed by atoms with Gasteiger partial charge in [-0.15, -0.1) is 0 Å². The minimum absolute atomic E-state index is 0.190. The highest BCUT2D eigenvalue weighted by Gasteiger charge is 2.37. The van der Waals surface area contributed by atoms with Crippen molar-refractivity contribution in [3.63, 3.8) is 0 Å². The molecule has 0 unspecified atom stereocenters. The quantitative estimate of drug-likeness (QED) is 0.231. The summed E-state index contributed by atoms with van der Waals surface area (Å²) in [5.41, 5.74) is 1.34. The normalized spacial score (nSPS) is 14.5. The zero-order valence-corrected chi connectivity index (χ0v) is 23.3. The summed E-state index contributed by atoms with van der Waals surface area (Å²) in [5.74, 6) is -0.202. The first-order valence-electron chi connectivity index (χ1n) is 11.3. The molecule has 11 heteroatoms. The highest BCUT2D eigenvalue weighted by atomic mass is 79.9. The van der Waals surface area contributed by atoms with E-state index in [1.807, 2.05) is 6.92 Å². The van der Waals surface area contributed by atoms with Gasteiger partial charge in [-0.05, 0) is 88.6 Å². The fourth-order valence-corrected chi connectivity index (χ4v) is 4.54. The van der Waals surface area contributed by atoms with Gasteiger partial charge < -0.3 is 14.2 Å². The van der Waals surface area contributed by atoms with Crippen molar-refractivity contribution in [2.24, 2.45) is 0 Å². The maximum Gasteiger partial charge on any atom is 0.335 e. The Bertz CT molecular complexity index is 1440. The smallest absolute Gasteiger partial charge is 0.335 e. The number of hydrogen-bond donors (Lipinski definition) is 1. The fourth-order valence-electron chi connectivity index (χ4n) is 3.65. The molecule has 8 nitrogen and oxygen atoms in total. The molecular formula is C27H21BrCl2N2O6. The minimum atomic E-state index is -0.843. The van der Waals surface area contributed by atoms with Crippen LogP contribution in [-0.4, -0.2) is 31.6 Å². The number of halogens is 3. The van der Waals surface area contributed by atoms with Crippen LogP contribution in [0, 0.1) is 0 Å². The third-order valence-corrected chi connectivity index (χ3v) is 6.77. The average molecular weight is 620 g/mol. The van der Waals surface area contributed by atoms with Crippen LogP contribution in [0.1, 0.15) is 18.1 Å². The van der Waals surface area contributed by atoms with Crippen molar-refractivity contribution >= 4 is 68.7 Å². The molecule has 1 aliphatic heterocycles. The standard InChI is InChI=1S/C27H21BrCl2N2O6/c1-3-37-23-13-16(11-20(28)24(23)38-14-15-4-9-21(29)22(30)12-15)10-19-25(33)31-27(35)32(26(19)34)17-5-7-18(36-2)8-6-17/h4-13H,3,14H2,1-2H3,(H,31,33,35)/b19-10+. The molecule has 196 valence electrons. The molecule has 0 aromatic heterocycles. The maximum atomic E-state index is 13.2. The zero-order chi connectivity index (χ0) is 27.4. The number of urea groups is 1. The number of methoxy groups -OCH3 is 1. The van der Waals surface area contributed by atoms with Crippen molar-refractivity contribution in [2.75, 3.05) is 18.6 Å². The number of nitrogens with one attached hydrogen (secondary N) is 1. The van der Waals surface area contributed by atoms with Gasteiger partial charge in [-0.1, -0.05) is 29.3 Å². The SMILES string of the molecule is CCOc1cc(/C=C2\C(=O)NC(=O)N(c3ccc(OC)cc3)C2=O)cc(Br)c1OCc1ccc(Cl)c(Cl)c1. The van der Waals surface area contributed by atoms with E-state index in [1.54, 1.807) is 54.6 Å². The molecule has 1 heterocycles. The van der Waals surface area contributed by atoms with E-state index in [9.17, 15) is 14.4 Å². The van der Waals surface area contributed by atoms with E-state index in [2.05, 4.69) is 21.2 Å². The van der Waals surface area contributed by atoms with Crippen LogP contribution in [0.4, 0.5) is 10.5 Å². The van der Waals surface area contributed by atoms with Gasteiger partial charge in [-0.2, -0.15) is 0 Å². The highest BCUT2D eigenvalue weighted by molar-refractivity contribution is 9.10. The van der Waals surface area contributed by atoms with E-state index in [1.165, 1.54) is 13.2 Å². The highest BCUT2D eigenvalue weighted by Crippen LogP contribution is 2.38. The van der Waals surface area contributed by atoms with Gasteiger partial charge in [0.2, 0.25) is 0 Å². The molecule has 0 spiro atoms. The number of carbonyl (C=O) groups is 3. The number of anilines is 1. The summed E-state index contributed by atoms with van der Waals surface area (Å²) in [6.45, 7) is 2.35. The number of hydrogen-bond acceptors (Lipinski definition) is 6. The van der Waals surface area contributed by atoms with Crippen molar-refractivity contribution in [1.82, 2.24) is 5.32 Å². The monoisotopic (exact) mass is 618 g/mol. The lowest BCUT2D eigenvalue weighted by atomic mass is 10.1. The van der Waals surface area contributed by atoms with Crippen molar-refractivity contribution in [2.45, 2.75) is 13.5 Å². The first kappa shape index (κ1) is 27.5. The zero-order valence-electron chi connectivity index (χ0n) is 20.2. The lowest BCUT2D eigenvalue weighted by molar-refractivity contribution is -0.122. The first-order valence-corrected chi connectivity index (χ1v) is 12.8. The van der Waals surface area contributed by atoms with Crippen LogP contribution in [0.15, 0.2) is 64.6 Å². The second-order valence-electron chi connectivity index (χ2n) is 7.96.